The third kappa shape index (κ3) is 4.79. The van der Waals surface area contributed by atoms with Crippen LogP contribution in [-0.4, -0.2) is 23.9 Å². The Kier molecular flexibility index (Phi) is 5.71. The van der Waals surface area contributed by atoms with Gasteiger partial charge in [-0.1, -0.05) is 20.3 Å². The number of hydrogen-bond donors (Lipinski definition) is 4. The Morgan fingerprint density at radius 3 is 2.14 bits per heavy atom. The van der Waals surface area contributed by atoms with Gasteiger partial charge in [0.25, 0.3) is 0 Å². The summed E-state index contributed by atoms with van der Waals surface area (Å²) in [4.78, 5) is 34.1. The van der Waals surface area contributed by atoms with Gasteiger partial charge in [-0.3, -0.25) is 9.59 Å². The summed E-state index contributed by atoms with van der Waals surface area (Å²) in [6.07, 6.45) is 0.707. The number of rotatable bonds is 6. The number of hydrogen-bond acceptors (Lipinski definition) is 3. The van der Waals surface area contributed by atoms with Crippen LogP contribution in [0, 0.1) is 5.92 Å². The van der Waals surface area contributed by atoms with E-state index in [9.17, 15) is 14.4 Å². The molecule has 2 atom stereocenters. The van der Waals surface area contributed by atoms with Crippen molar-refractivity contribution in [2.45, 2.75) is 26.3 Å². The van der Waals surface area contributed by atoms with Gasteiger partial charge < -0.3 is 22.1 Å². The van der Waals surface area contributed by atoms with E-state index in [0.29, 0.717) is 17.7 Å². The first-order valence-corrected chi connectivity index (χ1v) is 6.61. The smallest absolute Gasteiger partial charge is 0.312 e. The van der Waals surface area contributed by atoms with Crippen LogP contribution in [0.5, 0.6) is 0 Å². The van der Waals surface area contributed by atoms with E-state index in [4.69, 9.17) is 11.5 Å². The van der Waals surface area contributed by atoms with Gasteiger partial charge >= 0.3 is 6.03 Å². The van der Waals surface area contributed by atoms with E-state index < -0.39 is 18.0 Å². The molecule has 0 aliphatic heterocycles. The van der Waals surface area contributed by atoms with Gasteiger partial charge in [0.05, 0.1) is 0 Å². The molecule has 6 N–H and O–H groups in total. The fraction of sp³-hybridized carbons (Fsp3) is 0.357. The van der Waals surface area contributed by atoms with E-state index in [0.717, 1.165) is 0 Å². The van der Waals surface area contributed by atoms with E-state index >= 15 is 0 Å². The lowest BCUT2D eigenvalue weighted by Crippen LogP contribution is -2.49. The molecule has 0 aromatic heterocycles. The van der Waals surface area contributed by atoms with Crippen molar-refractivity contribution in [3.05, 3.63) is 29.8 Å². The third-order valence-electron chi connectivity index (χ3n) is 3.23. The highest BCUT2D eigenvalue weighted by atomic mass is 16.2. The van der Waals surface area contributed by atoms with Crippen molar-refractivity contribution in [1.82, 2.24) is 5.32 Å². The first-order chi connectivity index (χ1) is 9.85. The minimum atomic E-state index is -0.750. The number of nitrogens with two attached hydrogens (primary N) is 2. The fourth-order valence-electron chi connectivity index (χ4n) is 1.79. The lowest BCUT2D eigenvalue weighted by Gasteiger charge is -2.22. The molecule has 0 radical (unpaired) electrons. The number of amides is 4. The van der Waals surface area contributed by atoms with Gasteiger partial charge in [-0.15, -0.1) is 0 Å². The highest BCUT2D eigenvalue weighted by Crippen LogP contribution is 2.13. The summed E-state index contributed by atoms with van der Waals surface area (Å²) < 4.78 is 0. The van der Waals surface area contributed by atoms with Crippen molar-refractivity contribution in [3.8, 4) is 0 Å². The molecular weight excluding hydrogens is 272 g/mol. The summed E-state index contributed by atoms with van der Waals surface area (Å²) in [6, 6.07) is 4.68. The van der Waals surface area contributed by atoms with Crippen molar-refractivity contribution < 1.29 is 14.4 Å². The monoisotopic (exact) mass is 292 g/mol. The maximum Gasteiger partial charge on any atom is 0.312 e. The van der Waals surface area contributed by atoms with Crippen LogP contribution in [0.4, 0.5) is 10.5 Å². The zero-order chi connectivity index (χ0) is 16.0. The zero-order valence-electron chi connectivity index (χ0n) is 12.1. The van der Waals surface area contributed by atoms with E-state index in [1.54, 1.807) is 12.1 Å². The number of anilines is 1. The highest BCUT2D eigenvalue weighted by molar-refractivity contribution is 5.98. The Balaban J connectivity index is 2.80. The van der Waals surface area contributed by atoms with Crippen molar-refractivity contribution in [2.24, 2.45) is 17.4 Å². The highest BCUT2D eigenvalue weighted by Gasteiger charge is 2.25. The molecule has 0 bridgehead atoms. The van der Waals surface area contributed by atoms with Gasteiger partial charge in [-0.25, -0.2) is 4.79 Å². The fourth-order valence-corrected chi connectivity index (χ4v) is 1.79. The molecule has 1 aromatic carbocycles. The molecule has 7 nitrogen and oxygen atoms in total. The SMILES string of the molecule is CCC(C)C(NC(N)=O)C(=O)Nc1ccc(C(N)=O)cc1. The molecule has 0 aliphatic carbocycles. The molecular formula is C14H20N4O3. The Morgan fingerprint density at radius 2 is 1.71 bits per heavy atom. The van der Waals surface area contributed by atoms with Crippen LogP contribution < -0.4 is 22.1 Å². The molecule has 0 fully saturated rings. The minimum Gasteiger partial charge on any atom is -0.366 e. The maximum atomic E-state index is 12.2. The van der Waals surface area contributed by atoms with Gasteiger partial charge in [0, 0.05) is 11.3 Å². The normalized spacial score (nSPS) is 13.0. The second-order valence-corrected chi connectivity index (χ2v) is 4.80. The number of urea groups is 1. The van der Waals surface area contributed by atoms with Crippen molar-refractivity contribution >= 4 is 23.5 Å². The molecule has 114 valence electrons. The van der Waals surface area contributed by atoms with Crippen LogP contribution in [-0.2, 0) is 4.79 Å². The van der Waals surface area contributed by atoms with Crippen LogP contribution in [0.25, 0.3) is 0 Å². The number of carbonyl (C=O) groups is 3. The molecule has 0 aliphatic rings. The van der Waals surface area contributed by atoms with E-state index in [1.807, 2.05) is 13.8 Å². The first kappa shape index (κ1) is 16.5. The molecule has 7 heteroatoms. The number of primary amides is 2. The molecule has 1 rings (SSSR count). The lowest BCUT2D eigenvalue weighted by atomic mass is 9.98. The summed E-state index contributed by atoms with van der Waals surface area (Å²) in [6.45, 7) is 3.76. The van der Waals surface area contributed by atoms with Gasteiger partial charge in [-0.05, 0) is 30.2 Å². The summed E-state index contributed by atoms with van der Waals surface area (Å²) in [5, 5.41) is 5.10. The van der Waals surface area contributed by atoms with Crippen LogP contribution in [0.15, 0.2) is 24.3 Å². The first-order valence-electron chi connectivity index (χ1n) is 6.61. The van der Waals surface area contributed by atoms with Gasteiger partial charge in [0.1, 0.15) is 6.04 Å². The predicted octanol–water partition coefficient (Wildman–Crippen LogP) is 0.807. The Hall–Kier alpha value is -2.57. The summed E-state index contributed by atoms with van der Waals surface area (Å²) in [5.74, 6) is -0.974. The average molecular weight is 292 g/mol. The maximum absolute atomic E-state index is 12.2. The second-order valence-electron chi connectivity index (χ2n) is 4.80. The summed E-state index contributed by atoms with van der Waals surface area (Å²) in [5.41, 5.74) is 11.1. The largest absolute Gasteiger partial charge is 0.366 e. The quantitative estimate of drug-likeness (QED) is 0.619. The predicted molar refractivity (Wildman–Crippen MR) is 79.6 cm³/mol. The second kappa shape index (κ2) is 7.28. The average Bonchev–Trinajstić information content (AvgIpc) is 2.44. The Bertz CT molecular complexity index is 528. The van der Waals surface area contributed by atoms with E-state index in [2.05, 4.69) is 10.6 Å². The Morgan fingerprint density at radius 1 is 1.14 bits per heavy atom. The van der Waals surface area contributed by atoms with Crippen LogP contribution in [0.3, 0.4) is 0 Å². The molecule has 0 saturated carbocycles. The van der Waals surface area contributed by atoms with E-state index in [1.165, 1.54) is 12.1 Å². The lowest BCUT2D eigenvalue weighted by molar-refractivity contribution is -0.119. The van der Waals surface area contributed by atoms with E-state index in [-0.39, 0.29) is 11.8 Å². The van der Waals surface area contributed by atoms with Crippen molar-refractivity contribution in [2.75, 3.05) is 5.32 Å². The van der Waals surface area contributed by atoms with Crippen molar-refractivity contribution in [3.63, 3.8) is 0 Å². The Labute approximate surface area is 123 Å². The summed E-state index contributed by atoms with van der Waals surface area (Å²) in [7, 11) is 0. The molecule has 0 saturated heterocycles. The molecule has 0 spiro atoms. The molecule has 2 unspecified atom stereocenters. The topological polar surface area (TPSA) is 127 Å². The number of benzene rings is 1. The van der Waals surface area contributed by atoms with Crippen LogP contribution in [0.1, 0.15) is 30.6 Å². The zero-order valence-corrected chi connectivity index (χ0v) is 12.1. The van der Waals surface area contributed by atoms with Gasteiger partial charge in [-0.2, -0.15) is 0 Å². The third-order valence-corrected chi connectivity index (χ3v) is 3.23. The van der Waals surface area contributed by atoms with Crippen LogP contribution in [0.2, 0.25) is 0 Å². The molecule has 0 heterocycles. The van der Waals surface area contributed by atoms with Crippen LogP contribution >= 0.6 is 0 Å². The summed E-state index contributed by atoms with van der Waals surface area (Å²) >= 11 is 0. The molecule has 21 heavy (non-hydrogen) atoms. The molecule has 1 aromatic rings. The molecule has 4 amide bonds. The number of carbonyl (C=O) groups excluding carboxylic acids is 3. The van der Waals surface area contributed by atoms with Gasteiger partial charge in [0.15, 0.2) is 0 Å². The van der Waals surface area contributed by atoms with Crippen molar-refractivity contribution in [1.29, 1.82) is 0 Å². The number of nitrogens with one attached hydrogen (secondary N) is 2. The van der Waals surface area contributed by atoms with Gasteiger partial charge in [0.2, 0.25) is 11.8 Å². The minimum absolute atomic E-state index is 0.0672. The standard InChI is InChI=1S/C14H20N4O3/c1-3-8(2)11(18-14(16)21)13(20)17-10-6-4-9(5-7-10)12(15)19/h4-8,11H,3H2,1-2H3,(H2,15,19)(H,17,20)(H3,16,18,21).